The molecule has 162 valence electrons. The van der Waals surface area contributed by atoms with Crippen LogP contribution in [-0.4, -0.2) is 42.5 Å². The van der Waals surface area contributed by atoms with Gasteiger partial charge in [0.2, 0.25) is 5.91 Å². The van der Waals surface area contributed by atoms with Gasteiger partial charge in [-0.3, -0.25) is 14.5 Å². The zero-order valence-corrected chi connectivity index (χ0v) is 16.5. The van der Waals surface area contributed by atoms with E-state index in [1.807, 2.05) is 0 Å². The lowest BCUT2D eigenvalue weighted by Gasteiger charge is -2.22. The van der Waals surface area contributed by atoms with E-state index in [1.54, 1.807) is 18.2 Å². The summed E-state index contributed by atoms with van der Waals surface area (Å²) in [5, 5.41) is 4.93. The first-order valence-electron chi connectivity index (χ1n) is 9.57. The summed E-state index contributed by atoms with van der Waals surface area (Å²) in [7, 11) is 0. The number of imide groups is 1. The minimum atomic E-state index is -1.83. The van der Waals surface area contributed by atoms with Crippen LogP contribution in [0.3, 0.4) is 0 Å². The number of fused-ring (bicyclic) bond motifs is 1. The Morgan fingerprint density at radius 1 is 1.13 bits per heavy atom. The Hall–Kier alpha value is -3.69. The number of benzene rings is 2. The van der Waals surface area contributed by atoms with Gasteiger partial charge in [0.05, 0.1) is 13.2 Å². The molecule has 10 heteroatoms. The average Bonchev–Trinajstić information content (AvgIpc) is 2.89. The van der Waals surface area contributed by atoms with Gasteiger partial charge in [-0.1, -0.05) is 0 Å². The number of urea groups is 1. The van der Waals surface area contributed by atoms with Crippen molar-refractivity contribution in [2.24, 2.45) is 0 Å². The first-order valence-corrected chi connectivity index (χ1v) is 9.57. The minimum Gasteiger partial charge on any atom is -0.490 e. The van der Waals surface area contributed by atoms with E-state index in [1.165, 1.54) is 6.92 Å². The summed E-state index contributed by atoms with van der Waals surface area (Å²) < 4.78 is 38.9. The van der Waals surface area contributed by atoms with Crippen molar-refractivity contribution in [2.75, 3.05) is 25.1 Å². The van der Waals surface area contributed by atoms with Gasteiger partial charge in [-0.25, -0.2) is 13.6 Å². The fourth-order valence-corrected chi connectivity index (χ4v) is 3.49. The van der Waals surface area contributed by atoms with Gasteiger partial charge in [-0.15, -0.1) is 0 Å². The number of carbonyl (C=O) groups is 3. The molecule has 0 aromatic heterocycles. The Morgan fingerprint density at radius 3 is 2.65 bits per heavy atom. The smallest absolute Gasteiger partial charge is 0.325 e. The van der Waals surface area contributed by atoms with Gasteiger partial charge in [0.15, 0.2) is 11.5 Å². The molecule has 2 N–H and O–H groups in total. The molecule has 8 nitrogen and oxygen atoms in total. The third-order valence-electron chi connectivity index (χ3n) is 5.08. The Bertz CT molecular complexity index is 1080. The molecule has 0 bridgehead atoms. The molecular formula is C21H19F2N3O5. The molecule has 1 fully saturated rings. The molecule has 2 aliphatic heterocycles. The van der Waals surface area contributed by atoms with Crippen LogP contribution in [0, 0.1) is 11.6 Å². The van der Waals surface area contributed by atoms with Crippen molar-refractivity contribution in [3.05, 3.63) is 53.6 Å². The van der Waals surface area contributed by atoms with Crippen LogP contribution in [0.25, 0.3) is 0 Å². The van der Waals surface area contributed by atoms with E-state index < -0.39 is 41.6 Å². The molecule has 0 unspecified atom stereocenters. The Labute approximate surface area is 176 Å². The van der Waals surface area contributed by atoms with Gasteiger partial charge >= 0.3 is 6.03 Å². The molecule has 1 saturated heterocycles. The Kier molecular flexibility index (Phi) is 5.22. The van der Waals surface area contributed by atoms with Crippen LogP contribution >= 0.6 is 0 Å². The van der Waals surface area contributed by atoms with Crippen molar-refractivity contribution < 1.29 is 32.6 Å². The number of hydrogen-bond donors (Lipinski definition) is 2. The second-order valence-corrected chi connectivity index (χ2v) is 7.33. The van der Waals surface area contributed by atoms with Crippen LogP contribution in [0.1, 0.15) is 18.9 Å². The summed E-state index contributed by atoms with van der Waals surface area (Å²) >= 11 is 0. The number of rotatable bonds is 4. The van der Waals surface area contributed by atoms with Crippen molar-refractivity contribution in [1.29, 1.82) is 0 Å². The van der Waals surface area contributed by atoms with E-state index in [4.69, 9.17) is 9.47 Å². The summed E-state index contributed by atoms with van der Waals surface area (Å²) in [5.74, 6) is -2.10. The normalized spacial score (nSPS) is 20.3. The fourth-order valence-electron chi connectivity index (χ4n) is 3.49. The van der Waals surface area contributed by atoms with Crippen molar-refractivity contribution in [2.45, 2.75) is 18.9 Å². The molecule has 2 aliphatic rings. The molecular weight excluding hydrogens is 412 g/mol. The van der Waals surface area contributed by atoms with Gasteiger partial charge in [0.1, 0.15) is 23.7 Å². The van der Waals surface area contributed by atoms with Gasteiger partial charge in [-0.05, 0) is 37.3 Å². The molecule has 4 rings (SSSR count). The summed E-state index contributed by atoms with van der Waals surface area (Å²) in [5.41, 5.74) is -1.77. The quantitative estimate of drug-likeness (QED) is 0.726. The maximum atomic E-state index is 14.2. The van der Waals surface area contributed by atoms with E-state index in [2.05, 4.69) is 10.6 Å². The van der Waals surface area contributed by atoms with E-state index in [0.717, 1.165) is 24.6 Å². The number of ether oxygens (including phenoxy) is 2. The summed E-state index contributed by atoms with van der Waals surface area (Å²) in [6.07, 6.45) is 0.729. The molecule has 4 amide bonds. The second-order valence-electron chi connectivity index (χ2n) is 7.33. The third-order valence-corrected chi connectivity index (χ3v) is 5.08. The molecule has 2 aromatic rings. The number of carbonyl (C=O) groups excluding carboxylic acids is 3. The van der Waals surface area contributed by atoms with Crippen LogP contribution in [-0.2, 0) is 15.1 Å². The highest BCUT2D eigenvalue weighted by Crippen LogP contribution is 2.33. The lowest BCUT2D eigenvalue weighted by atomic mass is 9.91. The Balaban J connectivity index is 1.49. The number of nitrogens with zero attached hydrogens (tertiary/aromatic N) is 1. The second kappa shape index (κ2) is 7.86. The molecule has 0 aliphatic carbocycles. The van der Waals surface area contributed by atoms with E-state index in [0.29, 0.717) is 35.3 Å². The monoisotopic (exact) mass is 431 g/mol. The molecule has 0 spiro atoms. The highest BCUT2D eigenvalue weighted by Gasteiger charge is 2.50. The average molecular weight is 431 g/mol. The van der Waals surface area contributed by atoms with Crippen LogP contribution in [0.4, 0.5) is 19.3 Å². The Morgan fingerprint density at radius 2 is 1.87 bits per heavy atom. The fraction of sp³-hybridized carbons (Fsp3) is 0.286. The largest absolute Gasteiger partial charge is 0.490 e. The number of anilines is 1. The maximum absolute atomic E-state index is 14.2. The number of nitrogens with one attached hydrogen (secondary N) is 2. The van der Waals surface area contributed by atoms with Crippen molar-refractivity contribution in [3.8, 4) is 11.5 Å². The van der Waals surface area contributed by atoms with Crippen LogP contribution < -0.4 is 20.1 Å². The molecule has 31 heavy (non-hydrogen) atoms. The van der Waals surface area contributed by atoms with Crippen molar-refractivity contribution in [3.63, 3.8) is 0 Å². The molecule has 0 saturated carbocycles. The van der Waals surface area contributed by atoms with E-state index >= 15 is 0 Å². The lowest BCUT2D eigenvalue weighted by Crippen LogP contribution is -2.42. The molecule has 2 aromatic carbocycles. The van der Waals surface area contributed by atoms with Crippen LogP contribution in [0.5, 0.6) is 11.5 Å². The predicted octanol–water partition coefficient (Wildman–Crippen LogP) is 2.53. The minimum absolute atomic E-state index is 0.323. The first kappa shape index (κ1) is 20.6. The van der Waals surface area contributed by atoms with Crippen molar-refractivity contribution in [1.82, 2.24) is 10.2 Å². The maximum Gasteiger partial charge on any atom is 0.325 e. The lowest BCUT2D eigenvalue weighted by molar-refractivity contribution is -0.133. The van der Waals surface area contributed by atoms with Gasteiger partial charge in [-0.2, -0.15) is 0 Å². The van der Waals surface area contributed by atoms with Gasteiger partial charge in [0.25, 0.3) is 5.91 Å². The number of hydrogen-bond acceptors (Lipinski definition) is 5. The summed E-state index contributed by atoms with van der Waals surface area (Å²) in [6, 6.07) is 6.56. The van der Waals surface area contributed by atoms with E-state index in [-0.39, 0.29) is 5.56 Å². The number of halogens is 2. The SMILES string of the molecule is C[C@@]1(c2cc(F)ccc2F)NC(=O)N(CC(=O)Nc2ccc3c(c2)OCCCO3)C1=O. The van der Waals surface area contributed by atoms with Gasteiger partial charge < -0.3 is 20.1 Å². The zero-order valence-electron chi connectivity index (χ0n) is 16.5. The van der Waals surface area contributed by atoms with Crippen LogP contribution in [0.2, 0.25) is 0 Å². The third kappa shape index (κ3) is 3.88. The first-order chi connectivity index (χ1) is 14.8. The molecule has 0 radical (unpaired) electrons. The highest BCUT2D eigenvalue weighted by atomic mass is 19.1. The molecule has 1 atom stereocenters. The highest BCUT2D eigenvalue weighted by molar-refractivity contribution is 6.10. The zero-order chi connectivity index (χ0) is 22.2. The standard InChI is InChI=1S/C21H19F2N3O5/c1-21(14-9-12(22)3-5-15(14)23)19(28)26(20(29)25-21)11-18(27)24-13-4-6-16-17(10-13)31-8-2-7-30-16/h3-6,9-10H,2,7-8,11H2,1H3,(H,24,27)(H,25,29)/t21-/m0/s1. The topological polar surface area (TPSA) is 97.0 Å². The number of amides is 4. The summed E-state index contributed by atoms with van der Waals surface area (Å²) in [4.78, 5) is 38.3. The molecule has 2 heterocycles. The predicted molar refractivity (Wildman–Crippen MR) is 105 cm³/mol. The van der Waals surface area contributed by atoms with Crippen molar-refractivity contribution >= 4 is 23.5 Å². The van der Waals surface area contributed by atoms with E-state index in [9.17, 15) is 23.2 Å². The van der Waals surface area contributed by atoms with Gasteiger partial charge in [0, 0.05) is 23.7 Å². The summed E-state index contributed by atoms with van der Waals surface area (Å²) in [6.45, 7) is 1.65. The van der Waals surface area contributed by atoms with Crippen LogP contribution in [0.15, 0.2) is 36.4 Å².